The van der Waals surface area contributed by atoms with E-state index in [1.54, 1.807) is 13.8 Å². The Balaban J connectivity index is 3.18. The molecule has 0 aromatic carbocycles. The van der Waals surface area contributed by atoms with E-state index in [0.29, 0.717) is 0 Å². The fourth-order valence-corrected chi connectivity index (χ4v) is 3.31. The minimum absolute atomic E-state index is 0.270. The molecule has 1 aliphatic heterocycles. The standard InChI is InChI=1S/C6H12ClN3O3S/c1-5(2)10-6(11)8(3)9(4-7)14(10,12)13/h5H,4H2,1-3H3. The van der Waals surface area contributed by atoms with E-state index in [4.69, 9.17) is 11.6 Å². The SMILES string of the molecule is CC(C)N1C(=O)N(C)N(CCl)S1(=O)=O. The van der Waals surface area contributed by atoms with Gasteiger partial charge in [0.1, 0.15) is 6.00 Å². The van der Waals surface area contributed by atoms with Crippen LogP contribution in [0.15, 0.2) is 0 Å². The van der Waals surface area contributed by atoms with Gasteiger partial charge in [-0.15, -0.1) is 11.6 Å². The highest BCUT2D eigenvalue weighted by atomic mass is 35.5. The van der Waals surface area contributed by atoms with Gasteiger partial charge in [0.25, 0.3) is 0 Å². The van der Waals surface area contributed by atoms with Crippen LogP contribution >= 0.6 is 11.6 Å². The highest BCUT2D eigenvalue weighted by Crippen LogP contribution is 2.24. The summed E-state index contributed by atoms with van der Waals surface area (Å²) in [5.74, 6) is 0. The van der Waals surface area contributed by atoms with E-state index in [2.05, 4.69) is 0 Å². The maximum Gasteiger partial charge on any atom is 0.350 e. The Morgan fingerprint density at radius 3 is 2.14 bits per heavy atom. The van der Waals surface area contributed by atoms with E-state index >= 15 is 0 Å². The number of hydrogen-bond donors (Lipinski definition) is 0. The van der Waals surface area contributed by atoms with Crippen molar-refractivity contribution in [2.75, 3.05) is 13.1 Å². The van der Waals surface area contributed by atoms with Gasteiger partial charge in [0.2, 0.25) is 0 Å². The quantitative estimate of drug-likeness (QED) is 0.520. The molecule has 0 unspecified atom stereocenters. The van der Waals surface area contributed by atoms with Crippen LogP contribution in [0.3, 0.4) is 0 Å². The van der Waals surface area contributed by atoms with E-state index in [1.165, 1.54) is 7.05 Å². The van der Waals surface area contributed by atoms with E-state index in [-0.39, 0.29) is 6.00 Å². The van der Waals surface area contributed by atoms with Crippen LogP contribution in [0.4, 0.5) is 4.79 Å². The first-order valence-corrected chi connectivity index (χ1v) is 5.92. The van der Waals surface area contributed by atoms with E-state index in [0.717, 1.165) is 13.7 Å². The molecule has 1 fully saturated rings. The lowest BCUT2D eigenvalue weighted by molar-refractivity contribution is 0.142. The fourth-order valence-electron chi connectivity index (χ4n) is 1.22. The van der Waals surface area contributed by atoms with E-state index in [9.17, 15) is 13.2 Å². The highest BCUT2D eigenvalue weighted by Gasteiger charge is 2.47. The molecule has 0 bridgehead atoms. The normalized spacial score (nSPS) is 22.5. The summed E-state index contributed by atoms with van der Waals surface area (Å²) in [6, 6.07) is -1.27. The van der Waals surface area contributed by atoms with Crippen LogP contribution in [0.1, 0.15) is 13.8 Å². The molecule has 6 nitrogen and oxygen atoms in total. The summed E-state index contributed by atoms with van der Waals surface area (Å²) in [5, 5.41) is 0.988. The Hall–Kier alpha value is -0.530. The summed E-state index contributed by atoms with van der Waals surface area (Å²) in [6.07, 6.45) is 0. The average Bonchev–Trinajstić information content (AvgIpc) is 2.18. The molecule has 14 heavy (non-hydrogen) atoms. The van der Waals surface area contributed by atoms with Gasteiger partial charge in [0, 0.05) is 13.1 Å². The molecule has 8 heteroatoms. The average molecular weight is 242 g/mol. The van der Waals surface area contributed by atoms with Crippen LogP contribution in [-0.4, -0.2) is 47.3 Å². The molecular weight excluding hydrogens is 230 g/mol. The van der Waals surface area contributed by atoms with Crippen molar-refractivity contribution in [2.24, 2.45) is 0 Å². The van der Waals surface area contributed by atoms with Gasteiger partial charge >= 0.3 is 16.2 Å². The summed E-state index contributed by atoms with van der Waals surface area (Å²) >= 11 is 5.45. The molecule has 2 amide bonds. The van der Waals surface area contributed by atoms with Gasteiger partial charge in [0.05, 0.1) is 0 Å². The van der Waals surface area contributed by atoms with Gasteiger partial charge in [-0.05, 0) is 13.8 Å². The van der Waals surface area contributed by atoms with E-state index < -0.39 is 22.3 Å². The van der Waals surface area contributed by atoms with Gasteiger partial charge in [-0.25, -0.2) is 14.1 Å². The van der Waals surface area contributed by atoms with Crippen molar-refractivity contribution < 1.29 is 13.2 Å². The fraction of sp³-hybridized carbons (Fsp3) is 0.833. The molecule has 0 aromatic rings. The third-order valence-electron chi connectivity index (χ3n) is 1.89. The maximum atomic E-state index is 11.7. The van der Waals surface area contributed by atoms with Crippen LogP contribution in [0.25, 0.3) is 0 Å². The van der Waals surface area contributed by atoms with Gasteiger partial charge in [0.15, 0.2) is 0 Å². The Bertz CT molecular complexity index is 342. The lowest BCUT2D eigenvalue weighted by Gasteiger charge is -2.18. The number of amides is 2. The topological polar surface area (TPSA) is 60.9 Å². The number of urea groups is 1. The van der Waals surface area contributed by atoms with Crippen LogP contribution < -0.4 is 0 Å². The number of carbonyl (C=O) groups excluding carboxylic acids is 1. The molecule has 0 radical (unpaired) electrons. The number of carbonyl (C=O) groups is 1. The number of rotatable bonds is 2. The first-order chi connectivity index (χ1) is 6.34. The minimum Gasteiger partial charge on any atom is -0.246 e. The molecule has 0 spiro atoms. The molecular formula is C6H12ClN3O3S. The zero-order valence-corrected chi connectivity index (χ0v) is 9.71. The molecule has 0 N–H and O–H groups in total. The third kappa shape index (κ3) is 1.45. The first kappa shape index (κ1) is 11.5. The summed E-state index contributed by atoms with van der Waals surface area (Å²) in [6.45, 7) is 3.25. The van der Waals surface area contributed by atoms with Crippen molar-refractivity contribution >= 4 is 27.8 Å². The van der Waals surface area contributed by atoms with Crippen LogP contribution in [0.2, 0.25) is 0 Å². The van der Waals surface area contributed by atoms with Gasteiger partial charge in [-0.1, -0.05) is 4.41 Å². The van der Waals surface area contributed by atoms with Crippen molar-refractivity contribution in [3.05, 3.63) is 0 Å². The smallest absolute Gasteiger partial charge is 0.246 e. The Kier molecular flexibility index (Phi) is 2.93. The monoisotopic (exact) mass is 241 g/mol. The first-order valence-electron chi connectivity index (χ1n) is 3.99. The predicted octanol–water partition coefficient (Wildman–Crippen LogP) is 0.420. The zero-order valence-electron chi connectivity index (χ0n) is 8.14. The van der Waals surface area contributed by atoms with Gasteiger partial charge in [-0.3, -0.25) is 0 Å². The number of alkyl halides is 1. The molecule has 1 heterocycles. The molecule has 1 aliphatic rings. The summed E-state index contributed by atoms with van der Waals surface area (Å²) in [4.78, 5) is 11.5. The zero-order chi connectivity index (χ0) is 11.1. The van der Waals surface area contributed by atoms with Crippen molar-refractivity contribution in [3.63, 3.8) is 0 Å². The summed E-state index contributed by atoms with van der Waals surface area (Å²) < 4.78 is 25.0. The van der Waals surface area contributed by atoms with E-state index in [1.807, 2.05) is 0 Å². The lowest BCUT2D eigenvalue weighted by atomic mass is 10.4. The number of halogens is 1. The van der Waals surface area contributed by atoms with Crippen molar-refractivity contribution in [1.29, 1.82) is 0 Å². The Morgan fingerprint density at radius 2 is 1.93 bits per heavy atom. The molecule has 0 aromatic heterocycles. The maximum absolute atomic E-state index is 11.7. The van der Waals surface area contributed by atoms with Crippen LogP contribution in [0, 0.1) is 0 Å². The van der Waals surface area contributed by atoms with Crippen LogP contribution in [0.5, 0.6) is 0 Å². The van der Waals surface area contributed by atoms with Crippen molar-refractivity contribution in [2.45, 2.75) is 19.9 Å². The van der Waals surface area contributed by atoms with Gasteiger partial charge in [-0.2, -0.15) is 8.42 Å². The largest absolute Gasteiger partial charge is 0.350 e. The summed E-state index contributed by atoms with van der Waals surface area (Å²) in [7, 11) is -2.40. The van der Waals surface area contributed by atoms with Gasteiger partial charge < -0.3 is 0 Å². The molecule has 82 valence electrons. The van der Waals surface area contributed by atoms with Crippen molar-refractivity contribution in [3.8, 4) is 0 Å². The molecule has 0 atom stereocenters. The second-order valence-corrected chi connectivity index (χ2v) is 5.09. The predicted molar refractivity (Wildman–Crippen MR) is 51.6 cm³/mol. The number of hydrazine groups is 1. The summed E-state index contributed by atoms with van der Waals surface area (Å²) in [5.41, 5.74) is 0. The third-order valence-corrected chi connectivity index (χ3v) is 4.24. The highest BCUT2D eigenvalue weighted by molar-refractivity contribution is 7.87. The number of hydrogen-bond acceptors (Lipinski definition) is 3. The Morgan fingerprint density at radius 1 is 1.43 bits per heavy atom. The second-order valence-electron chi connectivity index (χ2n) is 3.15. The van der Waals surface area contributed by atoms with Crippen LogP contribution in [-0.2, 0) is 10.2 Å². The van der Waals surface area contributed by atoms with Crippen molar-refractivity contribution in [1.82, 2.24) is 13.7 Å². The number of nitrogens with zero attached hydrogens (tertiary/aromatic N) is 3. The lowest BCUT2D eigenvalue weighted by Crippen LogP contribution is -2.38. The molecule has 1 saturated heterocycles. The Labute approximate surface area is 88.2 Å². The molecule has 0 saturated carbocycles. The molecule has 1 rings (SSSR count). The minimum atomic E-state index is -3.76. The molecule has 0 aliphatic carbocycles. The second kappa shape index (κ2) is 3.56.